The minimum atomic E-state index is -1.67. The maximum absolute atomic E-state index is 8.96. The lowest BCUT2D eigenvalue weighted by molar-refractivity contribution is -0.123. The van der Waals surface area contributed by atoms with Gasteiger partial charge >= 0.3 is 0 Å². The number of rotatable bonds is 5. The van der Waals surface area contributed by atoms with Crippen molar-refractivity contribution in [2.75, 3.05) is 13.2 Å². The lowest BCUT2D eigenvalue weighted by Crippen LogP contribution is -2.46. The van der Waals surface area contributed by atoms with Crippen LogP contribution in [0.1, 0.15) is 0 Å². The van der Waals surface area contributed by atoms with E-state index in [-0.39, 0.29) is 12.4 Å². The Balaban J connectivity index is 0. The first kappa shape index (κ1) is 15.5. The van der Waals surface area contributed by atoms with Crippen molar-refractivity contribution in [3.05, 3.63) is 0 Å². The molecule has 0 saturated heterocycles. The molecule has 13 heavy (non-hydrogen) atoms. The zero-order chi connectivity index (χ0) is 9.72. The molecule has 4 atom stereocenters. The zero-order valence-corrected chi connectivity index (χ0v) is 7.63. The normalized spacial score (nSPS) is 19.8. The third-order valence-corrected chi connectivity index (χ3v) is 1.51. The fraction of sp³-hybridized carbons (Fsp3) is 1.00. The van der Waals surface area contributed by atoms with Gasteiger partial charge < -0.3 is 30.6 Å². The van der Waals surface area contributed by atoms with Crippen LogP contribution in [0.4, 0.5) is 0 Å². The summed E-state index contributed by atoms with van der Waals surface area (Å²) in [4.78, 5) is 0. The van der Waals surface area contributed by atoms with Crippen molar-refractivity contribution >= 4 is 12.4 Å². The molecule has 0 aliphatic rings. The third kappa shape index (κ3) is 4.72. The molecule has 82 valence electrons. The first-order chi connectivity index (χ1) is 5.54. The molecule has 0 aromatic heterocycles. The van der Waals surface area contributed by atoms with E-state index in [2.05, 4.69) is 0 Å². The van der Waals surface area contributed by atoms with Gasteiger partial charge in [-0.25, -0.2) is 0 Å². The average molecular weight is 219 g/mol. The molecule has 0 spiro atoms. The highest BCUT2D eigenvalue weighted by atomic mass is 35.5. The highest BCUT2D eigenvalue weighted by molar-refractivity contribution is 5.85. The van der Waals surface area contributed by atoms with Gasteiger partial charge in [-0.1, -0.05) is 0 Å². The molecule has 0 amide bonds. The minimum absolute atomic E-state index is 0. The molecule has 0 saturated carbocycles. The SMILES string of the molecule is Cl.OCC(O)C(O)C(O)C(O)CO. The van der Waals surface area contributed by atoms with E-state index in [0.29, 0.717) is 0 Å². The topological polar surface area (TPSA) is 121 Å². The molecular formula is C6H15ClO6. The van der Waals surface area contributed by atoms with Crippen LogP contribution in [0, 0.1) is 0 Å². The maximum Gasteiger partial charge on any atom is 0.111 e. The van der Waals surface area contributed by atoms with Crippen LogP contribution in [-0.2, 0) is 0 Å². The summed E-state index contributed by atoms with van der Waals surface area (Å²) in [6.45, 7) is -1.45. The summed E-state index contributed by atoms with van der Waals surface area (Å²) in [7, 11) is 0. The standard InChI is InChI=1S/C6H14O6.ClH/c7-1-3(9)5(11)6(12)4(10)2-8;/h3-12H,1-2H2;1H. The van der Waals surface area contributed by atoms with Crippen LogP contribution in [0.5, 0.6) is 0 Å². The Morgan fingerprint density at radius 2 is 0.923 bits per heavy atom. The van der Waals surface area contributed by atoms with Crippen molar-refractivity contribution < 1.29 is 30.6 Å². The van der Waals surface area contributed by atoms with Crippen molar-refractivity contribution in [2.24, 2.45) is 0 Å². The first-order valence-electron chi connectivity index (χ1n) is 3.48. The van der Waals surface area contributed by atoms with Gasteiger partial charge in [0.15, 0.2) is 0 Å². The summed E-state index contributed by atoms with van der Waals surface area (Å²) in [5.74, 6) is 0. The Hall–Kier alpha value is 0.0500. The van der Waals surface area contributed by atoms with Crippen LogP contribution in [-0.4, -0.2) is 68.3 Å². The summed E-state index contributed by atoms with van der Waals surface area (Å²) >= 11 is 0. The molecule has 0 aromatic carbocycles. The van der Waals surface area contributed by atoms with Crippen molar-refractivity contribution in [3.63, 3.8) is 0 Å². The average Bonchev–Trinajstić information content (AvgIpc) is 2.12. The molecule has 6 nitrogen and oxygen atoms in total. The first-order valence-corrected chi connectivity index (χ1v) is 3.48. The number of aliphatic hydroxyl groups is 6. The predicted octanol–water partition coefficient (Wildman–Crippen LogP) is -3.16. The summed E-state index contributed by atoms with van der Waals surface area (Å²) in [5, 5.41) is 52.2. The summed E-state index contributed by atoms with van der Waals surface area (Å²) in [5.41, 5.74) is 0. The van der Waals surface area contributed by atoms with Crippen LogP contribution >= 0.6 is 12.4 Å². The van der Waals surface area contributed by atoms with E-state index in [1.54, 1.807) is 0 Å². The second-order valence-electron chi connectivity index (χ2n) is 2.48. The quantitative estimate of drug-likeness (QED) is 0.290. The molecule has 0 aliphatic heterocycles. The Kier molecular flexibility index (Phi) is 8.90. The molecule has 4 unspecified atom stereocenters. The highest BCUT2D eigenvalue weighted by Crippen LogP contribution is 2.03. The number of hydrogen-bond donors (Lipinski definition) is 6. The molecule has 0 rings (SSSR count). The van der Waals surface area contributed by atoms with E-state index < -0.39 is 37.6 Å². The second kappa shape index (κ2) is 7.45. The van der Waals surface area contributed by atoms with Crippen molar-refractivity contribution in [2.45, 2.75) is 24.4 Å². The molecule has 0 bridgehead atoms. The van der Waals surface area contributed by atoms with Crippen molar-refractivity contribution in [3.8, 4) is 0 Å². The van der Waals surface area contributed by atoms with E-state index in [9.17, 15) is 0 Å². The van der Waals surface area contributed by atoms with E-state index in [1.807, 2.05) is 0 Å². The van der Waals surface area contributed by atoms with Crippen molar-refractivity contribution in [1.82, 2.24) is 0 Å². The zero-order valence-electron chi connectivity index (χ0n) is 6.82. The second-order valence-corrected chi connectivity index (χ2v) is 2.48. The molecule has 6 N–H and O–H groups in total. The Bertz CT molecular complexity index is 110. The Morgan fingerprint density at radius 3 is 1.08 bits per heavy atom. The van der Waals surface area contributed by atoms with E-state index >= 15 is 0 Å². The van der Waals surface area contributed by atoms with Crippen LogP contribution in [0.2, 0.25) is 0 Å². The van der Waals surface area contributed by atoms with Gasteiger partial charge in [0, 0.05) is 0 Å². The third-order valence-electron chi connectivity index (χ3n) is 1.51. The molecule has 7 heteroatoms. The number of aliphatic hydroxyl groups excluding tert-OH is 6. The smallest absolute Gasteiger partial charge is 0.111 e. The van der Waals surface area contributed by atoms with Gasteiger partial charge in [-0.05, 0) is 0 Å². The van der Waals surface area contributed by atoms with Gasteiger partial charge in [0.25, 0.3) is 0 Å². The Morgan fingerprint density at radius 1 is 0.692 bits per heavy atom. The molecule has 0 heterocycles. The van der Waals surface area contributed by atoms with Gasteiger partial charge in [0.05, 0.1) is 13.2 Å². The van der Waals surface area contributed by atoms with E-state index in [1.165, 1.54) is 0 Å². The van der Waals surface area contributed by atoms with Gasteiger partial charge in [-0.15, -0.1) is 12.4 Å². The van der Waals surface area contributed by atoms with Crippen LogP contribution < -0.4 is 0 Å². The minimum Gasteiger partial charge on any atom is -0.394 e. The van der Waals surface area contributed by atoms with Gasteiger partial charge in [-0.2, -0.15) is 0 Å². The predicted molar refractivity (Wildman–Crippen MR) is 45.4 cm³/mol. The summed E-state index contributed by atoms with van der Waals surface area (Å²) in [6, 6.07) is 0. The number of hydrogen-bond acceptors (Lipinski definition) is 6. The fourth-order valence-corrected chi connectivity index (χ4v) is 0.671. The molecule has 0 aliphatic carbocycles. The molecule has 0 aromatic rings. The maximum atomic E-state index is 8.96. The van der Waals surface area contributed by atoms with Crippen LogP contribution in [0.3, 0.4) is 0 Å². The molecular weight excluding hydrogens is 204 g/mol. The fourth-order valence-electron chi connectivity index (χ4n) is 0.671. The number of halogens is 1. The largest absolute Gasteiger partial charge is 0.394 e. The van der Waals surface area contributed by atoms with E-state index in [0.717, 1.165) is 0 Å². The lowest BCUT2D eigenvalue weighted by Gasteiger charge is -2.24. The lowest BCUT2D eigenvalue weighted by atomic mass is 10.0. The van der Waals surface area contributed by atoms with Gasteiger partial charge in [0.2, 0.25) is 0 Å². The molecule has 0 radical (unpaired) electrons. The van der Waals surface area contributed by atoms with Gasteiger partial charge in [0.1, 0.15) is 24.4 Å². The summed E-state index contributed by atoms with van der Waals surface area (Å²) in [6.07, 6.45) is -6.39. The van der Waals surface area contributed by atoms with E-state index in [4.69, 9.17) is 30.6 Å². The van der Waals surface area contributed by atoms with Gasteiger partial charge in [-0.3, -0.25) is 0 Å². The summed E-state index contributed by atoms with van der Waals surface area (Å²) < 4.78 is 0. The van der Waals surface area contributed by atoms with Crippen LogP contribution in [0.15, 0.2) is 0 Å². The Labute approximate surface area is 81.5 Å². The van der Waals surface area contributed by atoms with Crippen LogP contribution in [0.25, 0.3) is 0 Å². The molecule has 0 fully saturated rings. The monoisotopic (exact) mass is 218 g/mol. The highest BCUT2D eigenvalue weighted by Gasteiger charge is 2.29. The van der Waals surface area contributed by atoms with Crippen molar-refractivity contribution in [1.29, 1.82) is 0 Å².